The van der Waals surface area contributed by atoms with E-state index in [-0.39, 0.29) is 11.4 Å². The minimum Gasteiger partial charge on any atom is -0.377 e. The zero-order chi connectivity index (χ0) is 15.4. The maximum atomic E-state index is 12.2. The van der Waals surface area contributed by atoms with Crippen molar-refractivity contribution in [1.82, 2.24) is 10.0 Å². The van der Waals surface area contributed by atoms with Crippen LogP contribution in [-0.2, 0) is 21.3 Å². The highest BCUT2D eigenvalue weighted by atomic mass is 35.5. The number of hydrogen-bond donors (Lipinski definition) is 2. The third-order valence-corrected chi connectivity index (χ3v) is 4.69. The Morgan fingerprint density at radius 3 is 2.50 bits per heavy atom. The summed E-state index contributed by atoms with van der Waals surface area (Å²) in [7, 11) is -0.252. The molecule has 0 radical (unpaired) electrons. The Balaban J connectivity index is 2.91. The topological polar surface area (TPSA) is 67.4 Å². The molecule has 1 aromatic rings. The number of nitrogens with one attached hydrogen (secondary N) is 2. The Bertz CT molecular complexity index is 559. The average molecular weight is 321 g/mol. The summed E-state index contributed by atoms with van der Waals surface area (Å²) >= 11 is 6.07. The minimum atomic E-state index is -3.59. The fourth-order valence-electron chi connectivity index (χ4n) is 1.45. The van der Waals surface area contributed by atoms with Crippen molar-refractivity contribution in [1.29, 1.82) is 0 Å². The van der Waals surface area contributed by atoms with Gasteiger partial charge in [0.25, 0.3) is 0 Å². The summed E-state index contributed by atoms with van der Waals surface area (Å²) in [4.78, 5) is 0.147. The second kappa shape index (κ2) is 6.87. The highest BCUT2D eigenvalue weighted by molar-refractivity contribution is 7.89. The van der Waals surface area contributed by atoms with E-state index in [2.05, 4.69) is 10.0 Å². The molecule has 0 aliphatic rings. The molecule has 0 saturated carbocycles. The summed E-state index contributed by atoms with van der Waals surface area (Å²) in [6, 6.07) is 4.70. The van der Waals surface area contributed by atoms with Gasteiger partial charge in [-0.2, -0.15) is 0 Å². The van der Waals surface area contributed by atoms with Crippen molar-refractivity contribution in [3.05, 3.63) is 28.8 Å². The van der Waals surface area contributed by atoms with Crippen molar-refractivity contribution in [2.45, 2.75) is 30.9 Å². The number of ether oxygens (including phenoxy) is 1. The first-order valence-corrected chi connectivity index (χ1v) is 8.06. The standard InChI is InChI=1S/C13H21ClN2O3S/c1-13(2,19-4)9-16-20(17,18)11-6-5-10(8-15-3)12(14)7-11/h5-7,15-16H,8-9H2,1-4H3. The number of rotatable bonds is 7. The van der Waals surface area contributed by atoms with Crippen molar-refractivity contribution >= 4 is 21.6 Å². The second-order valence-electron chi connectivity index (χ2n) is 5.07. The summed E-state index contributed by atoms with van der Waals surface area (Å²) < 4.78 is 32.1. The minimum absolute atomic E-state index is 0.147. The smallest absolute Gasteiger partial charge is 0.240 e. The Kier molecular flexibility index (Phi) is 5.97. The van der Waals surface area contributed by atoms with Crippen LogP contribution >= 0.6 is 11.6 Å². The normalized spacial score (nSPS) is 12.7. The molecular weight excluding hydrogens is 300 g/mol. The molecule has 0 aliphatic carbocycles. The van der Waals surface area contributed by atoms with Gasteiger partial charge in [0.15, 0.2) is 0 Å². The number of benzene rings is 1. The summed E-state index contributed by atoms with van der Waals surface area (Å²) in [5, 5.41) is 3.39. The van der Waals surface area contributed by atoms with Crippen molar-refractivity contribution in [3.63, 3.8) is 0 Å². The Labute approximate surface area is 125 Å². The van der Waals surface area contributed by atoms with Crippen molar-refractivity contribution in [2.75, 3.05) is 20.7 Å². The van der Waals surface area contributed by atoms with Gasteiger partial charge in [0.1, 0.15) is 0 Å². The third-order valence-electron chi connectivity index (χ3n) is 2.94. The molecule has 0 aromatic heterocycles. The van der Waals surface area contributed by atoms with Crippen LogP contribution in [0.5, 0.6) is 0 Å². The van der Waals surface area contributed by atoms with Gasteiger partial charge in [-0.15, -0.1) is 0 Å². The SMILES string of the molecule is CNCc1ccc(S(=O)(=O)NCC(C)(C)OC)cc1Cl. The molecule has 1 aromatic carbocycles. The van der Waals surface area contributed by atoms with E-state index < -0.39 is 15.6 Å². The number of halogens is 1. The molecule has 0 atom stereocenters. The van der Waals surface area contributed by atoms with E-state index in [0.29, 0.717) is 11.6 Å². The molecule has 0 saturated heterocycles. The summed E-state index contributed by atoms with van der Waals surface area (Å²) in [5.74, 6) is 0. The predicted molar refractivity (Wildman–Crippen MR) is 80.5 cm³/mol. The summed E-state index contributed by atoms with van der Waals surface area (Å²) in [6.07, 6.45) is 0. The third kappa shape index (κ3) is 4.71. The fourth-order valence-corrected chi connectivity index (χ4v) is 2.99. The van der Waals surface area contributed by atoms with E-state index in [1.807, 2.05) is 0 Å². The first-order chi connectivity index (χ1) is 9.22. The van der Waals surface area contributed by atoms with Gasteiger partial charge in [0.05, 0.1) is 10.5 Å². The zero-order valence-corrected chi connectivity index (χ0v) is 13.7. The van der Waals surface area contributed by atoms with Crippen LogP contribution in [0.3, 0.4) is 0 Å². The number of hydrogen-bond acceptors (Lipinski definition) is 4. The van der Waals surface area contributed by atoms with Gasteiger partial charge in [0.2, 0.25) is 10.0 Å². The van der Waals surface area contributed by atoms with Gasteiger partial charge in [0, 0.05) is 25.2 Å². The van der Waals surface area contributed by atoms with E-state index in [1.165, 1.54) is 13.2 Å². The van der Waals surface area contributed by atoms with E-state index in [0.717, 1.165) is 5.56 Å². The summed E-state index contributed by atoms with van der Waals surface area (Å²) in [5.41, 5.74) is 0.286. The van der Waals surface area contributed by atoms with Crippen LogP contribution in [-0.4, -0.2) is 34.7 Å². The van der Waals surface area contributed by atoms with Crippen LogP contribution in [0.2, 0.25) is 5.02 Å². The first-order valence-electron chi connectivity index (χ1n) is 6.20. The zero-order valence-electron chi connectivity index (χ0n) is 12.2. The lowest BCUT2D eigenvalue weighted by atomic mass is 10.1. The summed E-state index contributed by atoms with van der Waals surface area (Å²) in [6.45, 7) is 4.38. The van der Waals surface area contributed by atoms with Crippen LogP contribution in [0.15, 0.2) is 23.1 Å². The van der Waals surface area contributed by atoms with Gasteiger partial charge in [-0.1, -0.05) is 17.7 Å². The van der Waals surface area contributed by atoms with E-state index >= 15 is 0 Å². The molecule has 5 nitrogen and oxygen atoms in total. The van der Waals surface area contributed by atoms with Crippen LogP contribution in [0.25, 0.3) is 0 Å². The molecule has 0 heterocycles. The van der Waals surface area contributed by atoms with Crippen molar-refractivity contribution < 1.29 is 13.2 Å². The van der Waals surface area contributed by atoms with Gasteiger partial charge < -0.3 is 10.1 Å². The van der Waals surface area contributed by atoms with Gasteiger partial charge in [-0.3, -0.25) is 0 Å². The molecule has 1 rings (SSSR count). The molecule has 114 valence electrons. The maximum Gasteiger partial charge on any atom is 0.240 e. The van der Waals surface area contributed by atoms with E-state index in [4.69, 9.17) is 16.3 Å². The first kappa shape index (κ1) is 17.4. The Morgan fingerprint density at radius 2 is 2.00 bits per heavy atom. The van der Waals surface area contributed by atoms with Crippen molar-refractivity contribution in [3.8, 4) is 0 Å². The molecule has 0 unspecified atom stereocenters. The molecule has 7 heteroatoms. The Hall–Kier alpha value is -0.660. The molecule has 0 bridgehead atoms. The van der Waals surface area contributed by atoms with Crippen LogP contribution < -0.4 is 10.0 Å². The number of methoxy groups -OCH3 is 1. The van der Waals surface area contributed by atoms with Crippen LogP contribution in [0.1, 0.15) is 19.4 Å². The lowest BCUT2D eigenvalue weighted by Crippen LogP contribution is -2.39. The lowest BCUT2D eigenvalue weighted by molar-refractivity contribution is 0.0276. The second-order valence-corrected chi connectivity index (χ2v) is 7.25. The number of sulfonamides is 1. The van der Waals surface area contributed by atoms with Gasteiger partial charge >= 0.3 is 0 Å². The Morgan fingerprint density at radius 1 is 1.35 bits per heavy atom. The van der Waals surface area contributed by atoms with Gasteiger partial charge in [-0.05, 0) is 38.6 Å². The van der Waals surface area contributed by atoms with Crippen molar-refractivity contribution in [2.24, 2.45) is 0 Å². The molecule has 0 amide bonds. The van der Waals surface area contributed by atoms with E-state index in [9.17, 15) is 8.42 Å². The van der Waals surface area contributed by atoms with Gasteiger partial charge in [-0.25, -0.2) is 13.1 Å². The van der Waals surface area contributed by atoms with E-state index in [1.54, 1.807) is 33.0 Å². The fraction of sp³-hybridized carbons (Fsp3) is 0.538. The lowest BCUT2D eigenvalue weighted by Gasteiger charge is -2.23. The molecule has 0 fully saturated rings. The molecule has 0 spiro atoms. The molecule has 20 heavy (non-hydrogen) atoms. The quantitative estimate of drug-likeness (QED) is 0.803. The predicted octanol–water partition coefficient (Wildman–Crippen LogP) is 1.76. The highest BCUT2D eigenvalue weighted by Crippen LogP contribution is 2.21. The molecule has 2 N–H and O–H groups in total. The highest BCUT2D eigenvalue weighted by Gasteiger charge is 2.22. The van der Waals surface area contributed by atoms with Crippen LogP contribution in [0.4, 0.5) is 0 Å². The molecular formula is C13H21ClN2O3S. The average Bonchev–Trinajstić information content (AvgIpc) is 2.39. The molecule has 0 aliphatic heterocycles. The van der Waals surface area contributed by atoms with Crippen LogP contribution in [0, 0.1) is 0 Å². The maximum absolute atomic E-state index is 12.2. The largest absolute Gasteiger partial charge is 0.377 e. The monoisotopic (exact) mass is 320 g/mol.